The molecule has 0 radical (unpaired) electrons. The second-order valence-electron chi connectivity index (χ2n) is 18.6. The number of hydrogen-bond acceptors (Lipinski definition) is 6. The predicted octanol–water partition coefficient (Wildman–Crippen LogP) is 6.02. The lowest BCUT2D eigenvalue weighted by Crippen LogP contribution is -2.56. The molecule has 2 saturated heterocycles. The molecule has 46 heavy (non-hydrogen) atoms. The van der Waals surface area contributed by atoms with E-state index in [1.807, 2.05) is 4.90 Å². The van der Waals surface area contributed by atoms with Gasteiger partial charge < -0.3 is 24.2 Å². The molecule has 6 aliphatic carbocycles. The van der Waals surface area contributed by atoms with E-state index < -0.39 is 11.5 Å². The van der Waals surface area contributed by atoms with Gasteiger partial charge in [0.15, 0.2) is 6.29 Å². The van der Waals surface area contributed by atoms with Crippen molar-refractivity contribution in [1.29, 1.82) is 0 Å². The number of nitrogens with one attached hydrogen (secondary N) is 1. The Morgan fingerprint density at radius 3 is 2.50 bits per heavy atom. The molecule has 0 aromatic heterocycles. The summed E-state index contributed by atoms with van der Waals surface area (Å²) >= 11 is 0. The van der Waals surface area contributed by atoms with Crippen molar-refractivity contribution < 1.29 is 28.9 Å². The Hall–Kier alpha value is -1.22. The largest absolute Gasteiger partial charge is 0.480 e. The lowest BCUT2D eigenvalue weighted by molar-refractivity contribution is -0.244. The molecule has 8 aliphatic rings. The molecule has 0 aromatic rings. The lowest BCUT2D eigenvalue weighted by Gasteiger charge is -2.60. The van der Waals surface area contributed by atoms with Crippen LogP contribution in [0.15, 0.2) is 0 Å². The van der Waals surface area contributed by atoms with Gasteiger partial charge in [-0.3, -0.25) is 14.9 Å². The Kier molecular flexibility index (Phi) is 7.58. The number of ether oxygens (including phenoxy) is 3. The first-order chi connectivity index (χ1) is 21.8. The molecule has 2 spiro atoms. The second kappa shape index (κ2) is 10.9. The fourth-order valence-electron chi connectivity index (χ4n) is 12.9. The summed E-state index contributed by atoms with van der Waals surface area (Å²) in [5.74, 6) is 2.95. The molecule has 2 heterocycles. The summed E-state index contributed by atoms with van der Waals surface area (Å²) in [4.78, 5) is 26.5. The Morgan fingerprint density at radius 2 is 1.74 bits per heavy atom. The molecular weight excluding hydrogens is 580 g/mol. The zero-order valence-electron chi connectivity index (χ0n) is 29.2. The van der Waals surface area contributed by atoms with Crippen LogP contribution in [-0.2, 0) is 23.8 Å². The van der Waals surface area contributed by atoms with E-state index in [-0.39, 0.29) is 29.8 Å². The van der Waals surface area contributed by atoms with Gasteiger partial charge in [0, 0.05) is 19.5 Å². The number of carboxylic acids is 1. The number of aliphatic carboxylic acids is 1. The number of carboxylic acid groups (broad SMARTS) is 1. The average Bonchev–Trinajstić information content (AvgIpc) is 3.93. The number of hydrogen-bond donors (Lipinski definition) is 2. The lowest BCUT2D eigenvalue weighted by atomic mass is 9.46. The van der Waals surface area contributed by atoms with E-state index in [4.69, 9.17) is 14.2 Å². The third-order valence-electron chi connectivity index (χ3n) is 15.8. The monoisotopic (exact) mass is 640 g/mol. The van der Waals surface area contributed by atoms with Crippen LogP contribution in [0.5, 0.6) is 0 Å². The molecule has 7 unspecified atom stereocenters. The molecule has 258 valence electrons. The minimum atomic E-state index is -0.933. The molecule has 6 saturated carbocycles. The van der Waals surface area contributed by atoms with Crippen LogP contribution < -0.4 is 5.32 Å². The molecule has 8 fully saturated rings. The summed E-state index contributed by atoms with van der Waals surface area (Å²) in [5, 5.41) is 12.8. The minimum Gasteiger partial charge on any atom is -0.480 e. The van der Waals surface area contributed by atoms with Crippen LogP contribution >= 0.6 is 0 Å². The Bertz CT molecular complexity index is 1230. The maximum atomic E-state index is 12.9. The third kappa shape index (κ3) is 4.87. The van der Waals surface area contributed by atoms with Crippen LogP contribution in [0.4, 0.5) is 0 Å². The summed E-state index contributed by atoms with van der Waals surface area (Å²) < 4.78 is 19.8. The van der Waals surface area contributed by atoms with Crippen LogP contribution in [0.25, 0.3) is 0 Å². The van der Waals surface area contributed by atoms with E-state index >= 15 is 0 Å². The molecule has 8 heteroatoms. The van der Waals surface area contributed by atoms with Crippen molar-refractivity contribution in [3.63, 3.8) is 0 Å². The van der Waals surface area contributed by atoms with E-state index in [1.165, 1.54) is 64.2 Å². The van der Waals surface area contributed by atoms with Crippen molar-refractivity contribution in [1.82, 2.24) is 10.2 Å². The highest BCUT2D eigenvalue weighted by atomic mass is 16.7. The number of carbonyl (C=O) groups excluding carboxylic acids is 1. The van der Waals surface area contributed by atoms with Gasteiger partial charge >= 0.3 is 5.97 Å². The quantitative estimate of drug-likeness (QED) is 0.335. The average molecular weight is 641 g/mol. The Balaban J connectivity index is 0.925. The molecule has 8 rings (SSSR count). The van der Waals surface area contributed by atoms with Gasteiger partial charge in [-0.2, -0.15) is 0 Å². The fourth-order valence-corrected chi connectivity index (χ4v) is 12.9. The number of morpholine rings is 1. The van der Waals surface area contributed by atoms with Crippen molar-refractivity contribution in [3.05, 3.63) is 0 Å². The number of fused-ring (bicyclic) bond motifs is 4. The smallest absolute Gasteiger partial charge is 0.323 e. The summed E-state index contributed by atoms with van der Waals surface area (Å²) in [6.45, 7) is 13.5. The molecule has 0 aromatic carbocycles. The van der Waals surface area contributed by atoms with Gasteiger partial charge in [0.2, 0.25) is 5.91 Å². The maximum Gasteiger partial charge on any atom is 0.323 e. The van der Waals surface area contributed by atoms with Gasteiger partial charge in [-0.25, -0.2) is 0 Å². The number of nitrogens with zero attached hydrogens (tertiary/aromatic N) is 1. The molecule has 2 N–H and O–H groups in total. The molecular formula is C38H60N2O6. The zero-order chi connectivity index (χ0) is 32.3. The Morgan fingerprint density at radius 1 is 0.957 bits per heavy atom. The third-order valence-corrected chi connectivity index (χ3v) is 15.8. The van der Waals surface area contributed by atoms with Gasteiger partial charge in [-0.05, 0) is 142 Å². The number of carbonyl (C=O) groups is 2. The van der Waals surface area contributed by atoms with E-state index in [9.17, 15) is 14.7 Å². The van der Waals surface area contributed by atoms with Gasteiger partial charge in [0.05, 0.1) is 31.5 Å². The normalized spacial score (nSPS) is 47.5. The highest BCUT2D eigenvalue weighted by Crippen LogP contribution is 2.87. The topological polar surface area (TPSA) is 97.3 Å². The molecule has 2 aliphatic heterocycles. The van der Waals surface area contributed by atoms with Crippen LogP contribution in [-0.4, -0.2) is 78.3 Å². The highest BCUT2D eigenvalue weighted by Gasteiger charge is 2.80. The van der Waals surface area contributed by atoms with Gasteiger partial charge in [-0.15, -0.1) is 0 Å². The minimum absolute atomic E-state index is 0.0911. The van der Waals surface area contributed by atoms with Crippen molar-refractivity contribution >= 4 is 11.9 Å². The van der Waals surface area contributed by atoms with E-state index in [0.717, 1.165) is 24.7 Å². The van der Waals surface area contributed by atoms with Crippen LogP contribution in [0, 0.1) is 51.2 Å². The Labute approximate surface area is 276 Å². The standard InChI is InChI=1S/C38H60N2O6/c1-34(2)29-11-10-25-27-19-28-26(9-8-24(45-28)20-39-35(3,4)33(42)43)36(27,5)14-15-37(25)22-38(29,37)13-12-30(34)46-32-21-40(16-17-44-32)31(41)18-23-6-7-23/h23-30,32,39H,6-22H2,1-5H3,(H,42,43)/t24?,25?,26?,27?,28?,29?,30-,32?,36+,37-,38+/m0/s1. The molecule has 0 bridgehead atoms. The van der Waals surface area contributed by atoms with Crippen molar-refractivity contribution in [3.8, 4) is 0 Å². The van der Waals surface area contributed by atoms with Gasteiger partial charge in [0.25, 0.3) is 0 Å². The zero-order valence-corrected chi connectivity index (χ0v) is 29.2. The number of rotatable bonds is 8. The summed E-state index contributed by atoms with van der Waals surface area (Å²) in [5.41, 5.74) is 0.484. The number of amides is 1. The van der Waals surface area contributed by atoms with Crippen molar-refractivity contribution in [2.75, 3.05) is 26.2 Å². The SMILES string of the molecule is CC(C)(NCC1CCC2C(CC3C4CCC5C(C)(C)[C@@H](OC6CN(C(=O)CC7CC7)CCO6)CC[C@@]56C[C@@]46CC[C@]23C)O1)C(=O)O. The van der Waals surface area contributed by atoms with E-state index in [2.05, 4.69) is 26.1 Å². The molecule has 11 atom stereocenters. The first-order valence-electron chi connectivity index (χ1n) is 19.0. The second-order valence-corrected chi connectivity index (χ2v) is 18.6. The molecule has 1 amide bonds. The fraction of sp³-hybridized carbons (Fsp3) is 0.947. The first-order valence-corrected chi connectivity index (χ1v) is 19.0. The summed E-state index contributed by atoms with van der Waals surface area (Å²) in [7, 11) is 0. The first kappa shape index (κ1) is 32.0. The van der Waals surface area contributed by atoms with Crippen molar-refractivity contribution in [2.24, 2.45) is 51.2 Å². The van der Waals surface area contributed by atoms with Crippen molar-refractivity contribution in [2.45, 2.75) is 148 Å². The highest BCUT2D eigenvalue weighted by molar-refractivity contribution is 5.77. The maximum absolute atomic E-state index is 12.9. The van der Waals surface area contributed by atoms with Crippen LogP contribution in [0.3, 0.4) is 0 Å². The van der Waals surface area contributed by atoms with Crippen LogP contribution in [0.1, 0.15) is 118 Å². The van der Waals surface area contributed by atoms with E-state index in [0.29, 0.717) is 72.8 Å². The summed E-state index contributed by atoms with van der Waals surface area (Å²) in [6, 6.07) is 0. The van der Waals surface area contributed by atoms with E-state index in [1.54, 1.807) is 13.8 Å². The van der Waals surface area contributed by atoms with Crippen LogP contribution in [0.2, 0.25) is 0 Å². The van der Waals surface area contributed by atoms with Gasteiger partial charge in [-0.1, -0.05) is 20.8 Å². The predicted molar refractivity (Wildman–Crippen MR) is 174 cm³/mol. The summed E-state index contributed by atoms with van der Waals surface area (Å²) in [6.07, 6.45) is 16.0. The van der Waals surface area contributed by atoms with Gasteiger partial charge in [0.1, 0.15) is 5.54 Å². The molecule has 8 nitrogen and oxygen atoms in total.